The van der Waals surface area contributed by atoms with Crippen LogP contribution in [0.3, 0.4) is 0 Å². The number of ether oxygens (including phenoxy) is 4. The average molecular weight is 615 g/mol. The Labute approximate surface area is 253 Å². The molecule has 0 saturated heterocycles. The van der Waals surface area contributed by atoms with Crippen molar-refractivity contribution in [1.82, 2.24) is 14.6 Å². The number of aromatic nitrogens is 3. The van der Waals surface area contributed by atoms with Crippen LogP contribution in [0.15, 0.2) is 12.1 Å². The van der Waals surface area contributed by atoms with Gasteiger partial charge in [0.1, 0.15) is 0 Å². The molecule has 1 aliphatic heterocycles. The number of fused-ring (bicyclic) bond motifs is 2. The third kappa shape index (κ3) is 7.53. The van der Waals surface area contributed by atoms with E-state index in [9.17, 15) is 9.59 Å². The summed E-state index contributed by atoms with van der Waals surface area (Å²) in [5.74, 6) is -0.663. The minimum Gasteiger partial charge on any atom is -0.490 e. The number of hydrogen-bond donors (Lipinski definition) is 1. The third-order valence-electron chi connectivity index (χ3n) is 7.07. The molecular formula is C31H43FN4O6Si. The number of rotatable bonds is 9. The van der Waals surface area contributed by atoms with Gasteiger partial charge in [-0.05, 0) is 72.1 Å². The highest BCUT2D eigenvalue weighted by Gasteiger charge is 2.35. The minimum atomic E-state index is -1.39. The first-order chi connectivity index (χ1) is 20.1. The highest BCUT2D eigenvalue weighted by atomic mass is 28.3. The standard InChI is InChI=1S/C31H43FN4O6Si/c1-10-39-29(37)28(42-31(4,5)6)25-19(3)33-24-17-23(34-30(38)41-14-15-43(7,8)9)35-36(24)26(25)21-16-22(32)27-20(18(21)2)12-11-13-40-27/h16-17,28H,10-15H2,1-9H3,(H,34,35,38)/t28-/m0/s1. The molecule has 0 spiro atoms. The number of carbonyl (C=O) groups is 2. The first-order valence-corrected chi connectivity index (χ1v) is 18.4. The van der Waals surface area contributed by atoms with Crippen LogP contribution in [-0.4, -0.2) is 60.2 Å². The van der Waals surface area contributed by atoms with E-state index in [1.165, 1.54) is 10.6 Å². The number of carbonyl (C=O) groups excluding carboxylic acids is 2. The van der Waals surface area contributed by atoms with Crippen molar-refractivity contribution < 1.29 is 32.9 Å². The Balaban J connectivity index is 1.92. The lowest BCUT2D eigenvalue weighted by atomic mass is 9.91. The van der Waals surface area contributed by atoms with Gasteiger partial charge in [0.15, 0.2) is 29.1 Å². The molecule has 43 heavy (non-hydrogen) atoms. The minimum absolute atomic E-state index is 0.145. The van der Waals surface area contributed by atoms with E-state index in [1.807, 2.05) is 27.7 Å². The van der Waals surface area contributed by atoms with Gasteiger partial charge in [-0.1, -0.05) is 19.6 Å². The number of aryl methyl sites for hydroxylation is 1. The second-order valence-electron chi connectivity index (χ2n) is 13.0. The second kappa shape index (κ2) is 12.6. The molecule has 0 unspecified atom stereocenters. The number of anilines is 1. The molecule has 1 aromatic carbocycles. The monoisotopic (exact) mass is 614 g/mol. The van der Waals surface area contributed by atoms with Crippen molar-refractivity contribution in [3.63, 3.8) is 0 Å². The van der Waals surface area contributed by atoms with Gasteiger partial charge < -0.3 is 18.9 Å². The van der Waals surface area contributed by atoms with Crippen molar-refractivity contribution in [2.75, 3.05) is 25.1 Å². The zero-order chi connectivity index (χ0) is 31.7. The maximum absolute atomic E-state index is 15.6. The van der Waals surface area contributed by atoms with E-state index in [4.69, 9.17) is 23.9 Å². The molecule has 234 valence electrons. The van der Waals surface area contributed by atoms with Gasteiger partial charge in [0, 0.05) is 36.5 Å². The number of amides is 1. The van der Waals surface area contributed by atoms with Gasteiger partial charge in [0.2, 0.25) is 0 Å². The Morgan fingerprint density at radius 2 is 1.91 bits per heavy atom. The predicted octanol–water partition coefficient (Wildman–Crippen LogP) is 6.78. The number of halogens is 1. The van der Waals surface area contributed by atoms with Crippen LogP contribution in [0.5, 0.6) is 5.75 Å². The van der Waals surface area contributed by atoms with Crippen LogP contribution < -0.4 is 10.1 Å². The summed E-state index contributed by atoms with van der Waals surface area (Å²) in [5.41, 5.74) is 2.99. The average Bonchev–Trinajstić information content (AvgIpc) is 3.29. The van der Waals surface area contributed by atoms with Crippen molar-refractivity contribution in [3.8, 4) is 17.0 Å². The zero-order valence-electron chi connectivity index (χ0n) is 26.6. The first kappa shape index (κ1) is 32.4. The number of nitrogens with zero attached hydrogens (tertiary/aromatic N) is 3. The highest BCUT2D eigenvalue weighted by Crippen LogP contribution is 2.42. The fourth-order valence-corrected chi connectivity index (χ4v) is 5.77. The highest BCUT2D eigenvalue weighted by molar-refractivity contribution is 6.76. The summed E-state index contributed by atoms with van der Waals surface area (Å²) < 4.78 is 39.9. The Morgan fingerprint density at radius 3 is 2.56 bits per heavy atom. The number of esters is 1. The van der Waals surface area contributed by atoms with E-state index >= 15 is 4.39 Å². The van der Waals surface area contributed by atoms with Crippen molar-refractivity contribution in [2.45, 2.75) is 91.8 Å². The maximum Gasteiger partial charge on any atom is 0.412 e. The molecule has 0 fully saturated rings. The van der Waals surface area contributed by atoms with Gasteiger partial charge in [-0.2, -0.15) is 0 Å². The number of hydrogen-bond acceptors (Lipinski definition) is 8. The van der Waals surface area contributed by atoms with Crippen LogP contribution in [0.25, 0.3) is 16.9 Å². The van der Waals surface area contributed by atoms with Crippen molar-refractivity contribution in [1.29, 1.82) is 0 Å². The van der Waals surface area contributed by atoms with Crippen molar-refractivity contribution in [3.05, 3.63) is 40.3 Å². The van der Waals surface area contributed by atoms with Gasteiger partial charge in [-0.3, -0.25) is 5.32 Å². The number of benzene rings is 1. The summed E-state index contributed by atoms with van der Waals surface area (Å²) in [7, 11) is -1.39. The SMILES string of the molecule is CCOC(=O)[C@@H](OC(C)(C)C)c1c(C)nc2cc(NC(=O)OCC[Si](C)(C)C)nn2c1-c1cc(F)c2c(c1C)CCCO2. The normalized spacial score (nSPS) is 14.2. The van der Waals surface area contributed by atoms with Crippen LogP contribution >= 0.6 is 0 Å². The Bertz CT molecular complexity index is 1530. The Kier molecular flexibility index (Phi) is 9.50. The van der Waals surface area contributed by atoms with Crippen LogP contribution in [0.4, 0.5) is 15.0 Å². The molecule has 3 aromatic rings. The lowest BCUT2D eigenvalue weighted by molar-refractivity contribution is -0.166. The van der Waals surface area contributed by atoms with Gasteiger partial charge in [-0.15, -0.1) is 5.10 Å². The molecule has 0 radical (unpaired) electrons. The van der Waals surface area contributed by atoms with Crippen LogP contribution in [-0.2, 0) is 25.4 Å². The molecule has 1 atom stereocenters. The summed E-state index contributed by atoms with van der Waals surface area (Å²) in [4.78, 5) is 30.8. The van der Waals surface area contributed by atoms with E-state index in [0.717, 1.165) is 23.6 Å². The Hall–Kier alpha value is -3.51. The van der Waals surface area contributed by atoms with Gasteiger partial charge >= 0.3 is 12.1 Å². The van der Waals surface area contributed by atoms with Gasteiger partial charge in [0.25, 0.3) is 0 Å². The second-order valence-corrected chi connectivity index (χ2v) is 18.6. The van der Waals surface area contributed by atoms with E-state index in [-0.39, 0.29) is 18.2 Å². The lowest BCUT2D eigenvalue weighted by Crippen LogP contribution is -2.30. The van der Waals surface area contributed by atoms with Crippen LogP contribution in [0, 0.1) is 19.7 Å². The van der Waals surface area contributed by atoms with Crippen LogP contribution in [0.1, 0.15) is 62.6 Å². The Morgan fingerprint density at radius 1 is 1.19 bits per heavy atom. The molecule has 10 nitrogen and oxygen atoms in total. The molecule has 4 rings (SSSR count). The summed E-state index contributed by atoms with van der Waals surface area (Å²) in [5, 5.41) is 7.33. The predicted molar refractivity (Wildman–Crippen MR) is 165 cm³/mol. The molecule has 1 N–H and O–H groups in total. The molecule has 1 aliphatic rings. The third-order valence-corrected chi connectivity index (χ3v) is 8.77. The van der Waals surface area contributed by atoms with Gasteiger partial charge in [-0.25, -0.2) is 23.5 Å². The first-order valence-electron chi connectivity index (χ1n) is 14.7. The molecule has 0 aliphatic carbocycles. The summed E-state index contributed by atoms with van der Waals surface area (Å²) in [6.45, 7) is 18.4. The largest absolute Gasteiger partial charge is 0.490 e. The summed E-state index contributed by atoms with van der Waals surface area (Å²) >= 11 is 0. The molecule has 0 saturated carbocycles. The smallest absolute Gasteiger partial charge is 0.412 e. The summed E-state index contributed by atoms with van der Waals surface area (Å²) in [6.07, 6.45) is -0.422. The van der Waals surface area contributed by atoms with Crippen LogP contribution in [0.2, 0.25) is 25.7 Å². The maximum atomic E-state index is 15.6. The number of nitrogens with one attached hydrogen (secondary N) is 1. The van der Waals surface area contributed by atoms with E-state index in [0.29, 0.717) is 47.8 Å². The molecule has 2 aromatic heterocycles. The van der Waals surface area contributed by atoms with Crippen molar-refractivity contribution in [2.24, 2.45) is 0 Å². The van der Waals surface area contributed by atoms with Gasteiger partial charge in [0.05, 0.1) is 31.1 Å². The topological polar surface area (TPSA) is 113 Å². The molecule has 12 heteroatoms. The molecule has 1 amide bonds. The van der Waals surface area contributed by atoms with E-state index < -0.39 is 37.7 Å². The lowest BCUT2D eigenvalue weighted by Gasteiger charge is -2.29. The summed E-state index contributed by atoms with van der Waals surface area (Å²) in [6, 6.07) is 3.84. The van der Waals surface area contributed by atoms with E-state index in [1.54, 1.807) is 19.9 Å². The van der Waals surface area contributed by atoms with E-state index in [2.05, 4.69) is 30.1 Å². The quantitative estimate of drug-likeness (QED) is 0.207. The van der Waals surface area contributed by atoms with Crippen molar-refractivity contribution >= 4 is 31.6 Å². The molecule has 0 bridgehead atoms. The molecule has 3 heterocycles. The zero-order valence-corrected chi connectivity index (χ0v) is 27.6. The molecular weight excluding hydrogens is 571 g/mol. The fourth-order valence-electron chi connectivity index (χ4n) is 5.06. The fraction of sp³-hybridized carbons (Fsp3) is 0.548.